The van der Waals surface area contributed by atoms with Crippen LogP contribution in [0.15, 0.2) is 0 Å². The average molecular weight is 145 g/mol. The van der Waals surface area contributed by atoms with Crippen LogP contribution in [0.25, 0.3) is 0 Å². The van der Waals surface area contributed by atoms with Crippen molar-refractivity contribution >= 4 is 0 Å². The molecule has 0 saturated heterocycles. The summed E-state index contributed by atoms with van der Waals surface area (Å²) in [4.78, 5) is 0. The van der Waals surface area contributed by atoms with Gasteiger partial charge in [-0.15, -0.1) is 0 Å². The minimum absolute atomic E-state index is 0.300. The van der Waals surface area contributed by atoms with E-state index in [0.717, 1.165) is 25.4 Å². The third-order valence-corrected chi connectivity index (χ3v) is 1.41. The molecule has 0 saturated carbocycles. The molecule has 0 radical (unpaired) electrons. The van der Waals surface area contributed by atoms with E-state index in [1.165, 1.54) is 6.42 Å². The molecule has 0 amide bonds. The molecule has 10 heavy (non-hydrogen) atoms. The summed E-state index contributed by atoms with van der Waals surface area (Å²) in [6.45, 7) is 6.76. The van der Waals surface area contributed by atoms with E-state index in [0.29, 0.717) is 6.61 Å². The zero-order chi connectivity index (χ0) is 7.82. The number of hydrogen-bond acceptors (Lipinski definition) is 2. The van der Waals surface area contributed by atoms with Crippen molar-refractivity contribution < 1.29 is 5.11 Å². The molecular weight excluding hydrogens is 126 g/mol. The fourth-order valence-electron chi connectivity index (χ4n) is 0.720. The van der Waals surface area contributed by atoms with Crippen molar-refractivity contribution in [2.45, 2.75) is 26.7 Å². The molecule has 0 aliphatic carbocycles. The minimum Gasteiger partial charge on any atom is -0.396 e. The Kier molecular flexibility index (Phi) is 6.98. The Balaban J connectivity index is 2.77. The quantitative estimate of drug-likeness (QED) is 0.547. The van der Waals surface area contributed by atoms with E-state index in [4.69, 9.17) is 5.11 Å². The van der Waals surface area contributed by atoms with E-state index in [1.807, 2.05) is 0 Å². The second-order valence-corrected chi connectivity index (χ2v) is 3.01. The maximum Gasteiger partial charge on any atom is 0.0443 e. The topological polar surface area (TPSA) is 32.3 Å². The van der Waals surface area contributed by atoms with Crippen LogP contribution in [0, 0.1) is 5.92 Å². The normalized spacial score (nSPS) is 10.8. The summed E-state index contributed by atoms with van der Waals surface area (Å²) >= 11 is 0. The van der Waals surface area contributed by atoms with Gasteiger partial charge in [-0.25, -0.2) is 0 Å². The van der Waals surface area contributed by atoms with E-state index in [1.54, 1.807) is 0 Å². The van der Waals surface area contributed by atoms with E-state index in [-0.39, 0.29) is 0 Å². The predicted octanol–water partition coefficient (Wildman–Crippen LogP) is 1.00. The van der Waals surface area contributed by atoms with Gasteiger partial charge in [-0.1, -0.05) is 13.8 Å². The molecule has 2 heteroatoms. The SMILES string of the molecule is CC(C)CCNCCCO. The molecule has 0 rings (SSSR count). The summed E-state index contributed by atoms with van der Waals surface area (Å²) < 4.78 is 0. The lowest BCUT2D eigenvalue weighted by Crippen LogP contribution is -2.18. The van der Waals surface area contributed by atoms with Gasteiger partial charge >= 0.3 is 0 Å². The fourth-order valence-corrected chi connectivity index (χ4v) is 0.720. The van der Waals surface area contributed by atoms with Gasteiger partial charge in [0.2, 0.25) is 0 Å². The van der Waals surface area contributed by atoms with Crippen molar-refractivity contribution in [2.75, 3.05) is 19.7 Å². The molecule has 0 aliphatic rings. The van der Waals surface area contributed by atoms with Gasteiger partial charge in [0.15, 0.2) is 0 Å². The standard InChI is InChI=1S/C8H19NO/c1-8(2)4-6-9-5-3-7-10/h8-10H,3-7H2,1-2H3. The van der Waals surface area contributed by atoms with Gasteiger partial charge in [0.05, 0.1) is 0 Å². The smallest absolute Gasteiger partial charge is 0.0443 e. The van der Waals surface area contributed by atoms with E-state index in [9.17, 15) is 0 Å². The van der Waals surface area contributed by atoms with E-state index in [2.05, 4.69) is 19.2 Å². The lowest BCUT2D eigenvalue weighted by atomic mass is 10.1. The van der Waals surface area contributed by atoms with Crippen molar-refractivity contribution in [1.82, 2.24) is 5.32 Å². The van der Waals surface area contributed by atoms with Crippen LogP contribution in [0.4, 0.5) is 0 Å². The highest BCUT2D eigenvalue weighted by molar-refractivity contribution is 4.50. The fraction of sp³-hybridized carbons (Fsp3) is 1.00. The number of rotatable bonds is 6. The molecular formula is C8H19NO. The van der Waals surface area contributed by atoms with Crippen molar-refractivity contribution in [3.63, 3.8) is 0 Å². The zero-order valence-electron chi connectivity index (χ0n) is 7.06. The Bertz CT molecular complexity index is 64.3. The Morgan fingerprint density at radius 1 is 1.30 bits per heavy atom. The number of aliphatic hydroxyl groups is 1. The maximum absolute atomic E-state index is 8.43. The Hall–Kier alpha value is -0.0800. The number of nitrogens with one attached hydrogen (secondary N) is 1. The number of aliphatic hydroxyl groups excluding tert-OH is 1. The Morgan fingerprint density at radius 3 is 2.50 bits per heavy atom. The highest BCUT2D eigenvalue weighted by Gasteiger charge is 1.91. The molecule has 0 fully saturated rings. The Labute approximate surface area is 63.6 Å². The summed E-state index contributed by atoms with van der Waals surface area (Å²) in [5.74, 6) is 0.779. The first-order valence-electron chi connectivity index (χ1n) is 4.09. The third-order valence-electron chi connectivity index (χ3n) is 1.41. The van der Waals surface area contributed by atoms with Gasteiger partial charge in [-0.3, -0.25) is 0 Å². The van der Waals surface area contributed by atoms with Gasteiger partial charge in [0, 0.05) is 6.61 Å². The van der Waals surface area contributed by atoms with Crippen LogP contribution in [0.3, 0.4) is 0 Å². The molecule has 0 aliphatic heterocycles. The zero-order valence-corrected chi connectivity index (χ0v) is 7.06. The van der Waals surface area contributed by atoms with Gasteiger partial charge in [-0.2, -0.15) is 0 Å². The first-order chi connectivity index (χ1) is 4.77. The van der Waals surface area contributed by atoms with Gasteiger partial charge < -0.3 is 10.4 Å². The van der Waals surface area contributed by atoms with Crippen LogP contribution in [0.1, 0.15) is 26.7 Å². The van der Waals surface area contributed by atoms with Crippen molar-refractivity contribution in [2.24, 2.45) is 5.92 Å². The lowest BCUT2D eigenvalue weighted by molar-refractivity contribution is 0.285. The van der Waals surface area contributed by atoms with Crippen molar-refractivity contribution in [3.05, 3.63) is 0 Å². The first kappa shape index (κ1) is 9.92. The summed E-state index contributed by atoms with van der Waals surface area (Å²) in [7, 11) is 0. The molecule has 0 heterocycles. The monoisotopic (exact) mass is 145 g/mol. The molecule has 0 aromatic carbocycles. The van der Waals surface area contributed by atoms with Crippen LogP contribution in [-0.4, -0.2) is 24.8 Å². The lowest BCUT2D eigenvalue weighted by Gasteiger charge is -2.04. The van der Waals surface area contributed by atoms with Gasteiger partial charge in [0.1, 0.15) is 0 Å². The second kappa shape index (κ2) is 7.03. The first-order valence-corrected chi connectivity index (χ1v) is 4.09. The average Bonchev–Trinajstić information content (AvgIpc) is 1.87. The highest BCUT2D eigenvalue weighted by Crippen LogP contribution is 1.95. The van der Waals surface area contributed by atoms with E-state index < -0.39 is 0 Å². The largest absolute Gasteiger partial charge is 0.396 e. The summed E-state index contributed by atoms with van der Waals surface area (Å²) in [5, 5.41) is 11.7. The Morgan fingerprint density at radius 2 is 2.00 bits per heavy atom. The predicted molar refractivity (Wildman–Crippen MR) is 44.0 cm³/mol. The second-order valence-electron chi connectivity index (χ2n) is 3.01. The van der Waals surface area contributed by atoms with Crippen LogP contribution < -0.4 is 5.32 Å². The van der Waals surface area contributed by atoms with Crippen LogP contribution in [-0.2, 0) is 0 Å². The van der Waals surface area contributed by atoms with Crippen LogP contribution in [0.2, 0.25) is 0 Å². The highest BCUT2D eigenvalue weighted by atomic mass is 16.3. The molecule has 0 aromatic rings. The molecule has 0 spiro atoms. The molecule has 0 aromatic heterocycles. The number of hydrogen-bond donors (Lipinski definition) is 2. The third kappa shape index (κ3) is 7.92. The summed E-state index contributed by atoms with van der Waals surface area (Å²) in [6.07, 6.45) is 2.10. The molecule has 0 bridgehead atoms. The summed E-state index contributed by atoms with van der Waals surface area (Å²) in [5.41, 5.74) is 0. The molecule has 0 atom stereocenters. The molecule has 2 nitrogen and oxygen atoms in total. The van der Waals surface area contributed by atoms with E-state index >= 15 is 0 Å². The van der Waals surface area contributed by atoms with Crippen LogP contribution >= 0.6 is 0 Å². The molecule has 62 valence electrons. The summed E-state index contributed by atoms with van der Waals surface area (Å²) in [6, 6.07) is 0. The van der Waals surface area contributed by atoms with Crippen LogP contribution in [0.5, 0.6) is 0 Å². The maximum atomic E-state index is 8.43. The van der Waals surface area contributed by atoms with Gasteiger partial charge in [-0.05, 0) is 31.8 Å². The molecule has 2 N–H and O–H groups in total. The van der Waals surface area contributed by atoms with Crippen molar-refractivity contribution in [1.29, 1.82) is 0 Å². The minimum atomic E-state index is 0.300. The van der Waals surface area contributed by atoms with Gasteiger partial charge in [0.25, 0.3) is 0 Å². The molecule has 0 unspecified atom stereocenters. The van der Waals surface area contributed by atoms with Crippen molar-refractivity contribution in [3.8, 4) is 0 Å².